The Bertz CT molecular complexity index is 2280. The Hall–Kier alpha value is -6.44. The van der Waals surface area contributed by atoms with Gasteiger partial charge in [0.25, 0.3) is 0 Å². The molecule has 2 unspecified atom stereocenters. The lowest BCUT2D eigenvalue weighted by atomic mass is 9.84. The highest BCUT2D eigenvalue weighted by Crippen LogP contribution is 2.37. The topological polar surface area (TPSA) is 53.1 Å². The molecule has 0 fully saturated rings. The van der Waals surface area contributed by atoms with E-state index in [-0.39, 0.29) is 0 Å². The van der Waals surface area contributed by atoms with Crippen molar-refractivity contribution in [2.45, 2.75) is 38.5 Å². The number of oxazole rings is 1. The Morgan fingerprint density at radius 2 is 1.19 bits per heavy atom. The molecule has 0 spiro atoms. The van der Waals surface area contributed by atoms with E-state index in [1.807, 2.05) is 54.6 Å². The summed E-state index contributed by atoms with van der Waals surface area (Å²) < 4.78 is 5.86. The Balaban J connectivity index is 1.07. The third-order valence-electron chi connectivity index (χ3n) is 9.65. The zero-order valence-electron chi connectivity index (χ0n) is 29.6. The second-order valence-corrected chi connectivity index (χ2v) is 13.2. The second-order valence-electron chi connectivity index (χ2n) is 13.2. The van der Waals surface area contributed by atoms with Crippen LogP contribution in [0.25, 0.3) is 34.9 Å². The molecule has 4 nitrogen and oxygen atoms in total. The maximum atomic E-state index is 9.92. The average molecular weight is 676 g/mol. The van der Waals surface area contributed by atoms with E-state index in [1.54, 1.807) is 0 Å². The highest BCUT2D eigenvalue weighted by Gasteiger charge is 2.18. The lowest BCUT2D eigenvalue weighted by Crippen LogP contribution is -2.10. The molecule has 0 amide bonds. The number of hydrogen-bond donors (Lipinski definition) is 0. The van der Waals surface area contributed by atoms with Gasteiger partial charge in [-0.2, -0.15) is 5.26 Å². The first kappa shape index (κ1) is 34.0. The molecule has 0 aliphatic heterocycles. The highest BCUT2D eigenvalue weighted by atomic mass is 16.3. The molecule has 254 valence electrons. The standard InChI is InChI=1S/C48H41N3O/c1-3-39(41-24-20-37(21-25-41)19-18-36-12-6-4-7-13-36)32-35(2)40-26-30-45(31-27-40)51(43-14-8-5-9-15-43)44-28-22-38(23-29-44)33-42(34-49)48-50-46-16-10-11-17-47(46)52-48/h4-31,33,35,39H,3,32H2,1-2H3/b19-18+,42-33+. The number of para-hydroxylation sites is 3. The van der Waals surface area contributed by atoms with Crippen LogP contribution < -0.4 is 4.90 Å². The normalized spacial score (nSPS) is 12.8. The zero-order chi connectivity index (χ0) is 35.7. The quantitative estimate of drug-likeness (QED) is 0.0955. The van der Waals surface area contributed by atoms with Gasteiger partial charge in [0.05, 0.1) is 0 Å². The molecule has 0 aliphatic carbocycles. The van der Waals surface area contributed by atoms with E-state index in [4.69, 9.17) is 4.42 Å². The number of allylic oxidation sites excluding steroid dienone is 1. The summed E-state index contributed by atoms with van der Waals surface area (Å²) in [4.78, 5) is 6.77. The minimum absolute atomic E-state index is 0.322. The van der Waals surface area contributed by atoms with E-state index in [1.165, 1.54) is 22.3 Å². The molecule has 4 heteroatoms. The zero-order valence-corrected chi connectivity index (χ0v) is 29.6. The molecule has 7 aromatic rings. The van der Waals surface area contributed by atoms with Crippen molar-refractivity contribution in [3.63, 3.8) is 0 Å². The van der Waals surface area contributed by atoms with Crippen LogP contribution in [0.3, 0.4) is 0 Å². The summed E-state index contributed by atoms with van der Waals surface area (Å²) in [6, 6.07) is 56.9. The predicted molar refractivity (Wildman–Crippen MR) is 216 cm³/mol. The largest absolute Gasteiger partial charge is 0.435 e. The minimum atomic E-state index is 0.322. The van der Waals surface area contributed by atoms with E-state index >= 15 is 0 Å². The second kappa shape index (κ2) is 16.1. The molecule has 0 bridgehead atoms. The molecular formula is C48H41N3O. The summed E-state index contributed by atoms with van der Waals surface area (Å²) in [6.45, 7) is 4.63. The number of fused-ring (bicyclic) bond motifs is 1. The Morgan fingerprint density at radius 3 is 1.83 bits per heavy atom. The van der Waals surface area contributed by atoms with Crippen molar-refractivity contribution in [2.75, 3.05) is 4.90 Å². The van der Waals surface area contributed by atoms with Crippen LogP contribution in [0.4, 0.5) is 17.1 Å². The first-order valence-electron chi connectivity index (χ1n) is 17.9. The van der Waals surface area contributed by atoms with Gasteiger partial charge in [0.1, 0.15) is 17.2 Å². The van der Waals surface area contributed by atoms with Crippen LogP contribution in [0.15, 0.2) is 162 Å². The maximum absolute atomic E-state index is 9.92. The van der Waals surface area contributed by atoms with Crippen LogP contribution in [0.1, 0.15) is 72.2 Å². The molecule has 0 aliphatic rings. The van der Waals surface area contributed by atoms with Crippen molar-refractivity contribution in [2.24, 2.45) is 0 Å². The van der Waals surface area contributed by atoms with Crippen molar-refractivity contribution in [3.05, 3.63) is 191 Å². The number of aromatic nitrogens is 1. The molecule has 1 aromatic heterocycles. The first-order chi connectivity index (χ1) is 25.6. The van der Waals surface area contributed by atoms with Gasteiger partial charge in [0.15, 0.2) is 5.58 Å². The summed E-state index contributed by atoms with van der Waals surface area (Å²) in [5, 5.41) is 9.92. The minimum Gasteiger partial charge on any atom is -0.435 e. The van der Waals surface area contributed by atoms with E-state index in [0.29, 0.717) is 28.9 Å². The van der Waals surface area contributed by atoms with Crippen molar-refractivity contribution in [3.8, 4) is 6.07 Å². The fourth-order valence-electron chi connectivity index (χ4n) is 6.73. The third kappa shape index (κ3) is 7.96. The number of benzene rings is 6. The monoisotopic (exact) mass is 675 g/mol. The fourth-order valence-corrected chi connectivity index (χ4v) is 6.73. The van der Waals surface area contributed by atoms with Gasteiger partial charge in [0.2, 0.25) is 5.89 Å². The van der Waals surface area contributed by atoms with Gasteiger partial charge >= 0.3 is 0 Å². The number of hydrogen-bond acceptors (Lipinski definition) is 4. The molecule has 2 atom stereocenters. The van der Waals surface area contributed by atoms with Gasteiger partial charge < -0.3 is 9.32 Å². The molecule has 0 N–H and O–H groups in total. The van der Waals surface area contributed by atoms with Crippen LogP contribution in [0.2, 0.25) is 0 Å². The van der Waals surface area contributed by atoms with Crippen molar-refractivity contribution >= 4 is 52.0 Å². The number of nitriles is 1. The van der Waals surface area contributed by atoms with Crippen LogP contribution in [-0.4, -0.2) is 4.98 Å². The molecule has 52 heavy (non-hydrogen) atoms. The smallest absolute Gasteiger partial charge is 0.238 e. The van der Waals surface area contributed by atoms with E-state index in [9.17, 15) is 5.26 Å². The Kier molecular flexibility index (Phi) is 10.5. The van der Waals surface area contributed by atoms with Gasteiger partial charge in [-0.1, -0.05) is 135 Å². The lowest BCUT2D eigenvalue weighted by Gasteiger charge is -2.26. The van der Waals surface area contributed by atoms with Crippen LogP contribution in [0.5, 0.6) is 0 Å². The Labute approximate surface area is 306 Å². The SMILES string of the molecule is CCC(CC(C)c1ccc(N(c2ccccc2)c2ccc(/C=C(\C#N)c3nc4ccccc4o3)cc2)cc1)c1ccc(/C=C/c2ccccc2)cc1. The van der Waals surface area contributed by atoms with Gasteiger partial charge in [-0.15, -0.1) is 0 Å². The van der Waals surface area contributed by atoms with Gasteiger partial charge in [-0.25, -0.2) is 4.98 Å². The summed E-state index contributed by atoms with van der Waals surface area (Å²) in [6.07, 6.45) is 8.34. The van der Waals surface area contributed by atoms with E-state index in [2.05, 4.69) is 151 Å². The van der Waals surface area contributed by atoms with Crippen molar-refractivity contribution in [1.29, 1.82) is 5.26 Å². The number of rotatable bonds is 12. The van der Waals surface area contributed by atoms with Crippen molar-refractivity contribution < 1.29 is 4.42 Å². The van der Waals surface area contributed by atoms with Gasteiger partial charge in [0, 0.05) is 17.1 Å². The molecule has 1 heterocycles. The van der Waals surface area contributed by atoms with Gasteiger partial charge in [-0.3, -0.25) is 0 Å². The lowest BCUT2D eigenvalue weighted by molar-refractivity contribution is 0.544. The molecular weight excluding hydrogens is 635 g/mol. The third-order valence-corrected chi connectivity index (χ3v) is 9.65. The van der Waals surface area contributed by atoms with Crippen LogP contribution >= 0.6 is 0 Å². The summed E-state index contributed by atoms with van der Waals surface area (Å²) in [7, 11) is 0. The predicted octanol–water partition coefficient (Wildman–Crippen LogP) is 13.2. The summed E-state index contributed by atoms with van der Waals surface area (Å²) in [5.41, 5.74) is 11.0. The molecule has 7 rings (SSSR count). The van der Waals surface area contributed by atoms with E-state index in [0.717, 1.165) is 41.0 Å². The number of nitrogens with zero attached hydrogens (tertiary/aromatic N) is 3. The molecule has 6 aromatic carbocycles. The maximum Gasteiger partial charge on any atom is 0.238 e. The van der Waals surface area contributed by atoms with Gasteiger partial charge in [-0.05, 0) is 107 Å². The number of anilines is 3. The van der Waals surface area contributed by atoms with Crippen molar-refractivity contribution in [1.82, 2.24) is 4.98 Å². The molecule has 0 radical (unpaired) electrons. The van der Waals surface area contributed by atoms with E-state index < -0.39 is 0 Å². The fraction of sp³-hybridized carbons (Fsp3) is 0.125. The van der Waals surface area contributed by atoms with Crippen LogP contribution in [0, 0.1) is 11.3 Å². The molecule has 0 saturated heterocycles. The molecule has 0 saturated carbocycles. The van der Waals surface area contributed by atoms with Crippen LogP contribution in [-0.2, 0) is 0 Å². The average Bonchev–Trinajstić information content (AvgIpc) is 3.64. The summed E-state index contributed by atoms with van der Waals surface area (Å²) in [5.74, 6) is 1.21. The highest BCUT2D eigenvalue weighted by molar-refractivity contribution is 5.89. The Morgan fingerprint density at radius 1 is 0.654 bits per heavy atom. The summed E-state index contributed by atoms with van der Waals surface area (Å²) >= 11 is 0. The first-order valence-corrected chi connectivity index (χ1v) is 17.9.